The summed E-state index contributed by atoms with van der Waals surface area (Å²) in [4.78, 5) is 46.9. The van der Waals surface area contributed by atoms with Crippen LogP contribution in [0.4, 0.5) is 0 Å². The predicted octanol–water partition coefficient (Wildman–Crippen LogP) is 2.12. The number of benzene rings is 2. The summed E-state index contributed by atoms with van der Waals surface area (Å²) < 4.78 is 10.2. The van der Waals surface area contributed by atoms with E-state index >= 15 is 0 Å². The van der Waals surface area contributed by atoms with Gasteiger partial charge in [0.15, 0.2) is 0 Å². The molecular weight excluding hydrogens is 448 g/mol. The van der Waals surface area contributed by atoms with Gasteiger partial charge in [0, 0.05) is 25.2 Å². The molecule has 1 aromatic heterocycles. The van der Waals surface area contributed by atoms with Crippen molar-refractivity contribution in [2.45, 2.75) is 31.3 Å². The van der Waals surface area contributed by atoms with Crippen LogP contribution in [-0.4, -0.2) is 53.6 Å². The number of hydrogen-bond donors (Lipinski definition) is 2. The molecule has 1 heterocycles. The Balaban J connectivity index is 1.84. The number of ether oxygens (including phenoxy) is 2. The lowest BCUT2D eigenvalue weighted by molar-refractivity contribution is -0.150. The minimum absolute atomic E-state index is 0.0762. The molecule has 2 unspecified atom stereocenters. The predicted molar refractivity (Wildman–Crippen MR) is 129 cm³/mol. The molecule has 0 bridgehead atoms. The Morgan fingerprint density at radius 1 is 0.971 bits per heavy atom. The summed E-state index contributed by atoms with van der Waals surface area (Å²) in [5, 5.41) is 5.52. The highest BCUT2D eigenvalue weighted by atomic mass is 16.5. The Hall–Kier alpha value is -4.27. The lowest BCUT2D eigenvalue weighted by atomic mass is 9.91. The first-order valence-corrected chi connectivity index (χ1v) is 11.0. The molecule has 0 spiro atoms. The van der Waals surface area contributed by atoms with Crippen molar-refractivity contribution in [3.05, 3.63) is 90.0 Å². The number of amides is 2. The van der Waals surface area contributed by atoms with Crippen molar-refractivity contribution in [3.63, 3.8) is 0 Å². The van der Waals surface area contributed by atoms with Crippen molar-refractivity contribution >= 4 is 17.8 Å². The SMILES string of the molecule is COC(=O)C(C)(Cc1ccc(OC)cc1)NC(=O)C(Cc1ccccc1)NC(=O)c1cnccn1. The molecule has 0 radical (unpaired) electrons. The van der Waals surface area contributed by atoms with E-state index in [2.05, 4.69) is 20.6 Å². The largest absolute Gasteiger partial charge is 0.497 e. The summed E-state index contributed by atoms with van der Waals surface area (Å²) >= 11 is 0. The summed E-state index contributed by atoms with van der Waals surface area (Å²) in [6, 6.07) is 15.4. The third-order valence-electron chi connectivity index (χ3n) is 5.45. The van der Waals surface area contributed by atoms with Crippen LogP contribution in [0, 0.1) is 0 Å². The summed E-state index contributed by atoms with van der Waals surface area (Å²) in [6.45, 7) is 1.59. The van der Waals surface area contributed by atoms with E-state index in [1.165, 1.54) is 25.7 Å². The Morgan fingerprint density at radius 2 is 1.69 bits per heavy atom. The molecule has 3 rings (SSSR count). The number of methoxy groups -OCH3 is 2. The highest BCUT2D eigenvalue weighted by Gasteiger charge is 2.38. The van der Waals surface area contributed by atoms with Crippen LogP contribution in [0.15, 0.2) is 73.2 Å². The summed E-state index contributed by atoms with van der Waals surface area (Å²) in [5.41, 5.74) is 0.323. The maximum atomic E-state index is 13.5. The van der Waals surface area contributed by atoms with E-state index in [0.717, 1.165) is 11.1 Å². The van der Waals surface area contributed by atoms with Crippen LogP contribution in [0.5, 0.6) is 5.75 Å². The van der Waals surface area contributed by atoms with Gasteiger partial charge in [0.1, 0.15) is 23.0 Å². The lowest BCUT2D eigenvalue weighted by Gasteiger charge is -2.30. The first-order valence-electron chi connectivity index (χ1n) is 11.0. The Morgan fingerprint density at radius 3 is 2.29 bits per heavy atom. The molecule has 9 nitrogen and oxygen atoms in total. The van der Waals surface area contributed by atoms with E-state index in [1.54, 1.807) is 26.2 Å². The topological polar surface area (TPSA) is 120 Å². The van der Waals surface area contributed by atoms with Gasteiger partial charge in [0.25, 0.3) is 5.91 Å². The first-order chi connectivity index (χ1) is 16.8. The van der Waals surface area contributed by atoms with E-state index in [9.17, 15) is 14.4 Å². The van der Waals surface area contributed by atoms with Crippen molar-refractivity contribution in [2.24, 2.45) is 0 Å². The monoisotopic (exact) mass is 476 g/mol. The van der Waals surface area contributed by atoms with Crippen LogP contribution < -0.4 is 15.4 Å². The van der Waals surface area contributed by atoms with Crippen molar-refractivity contribution in [1.29, 1.82) is 0 Å². The van der Waals surface area contributed by atoms with Gasteiger partial charge in [0.2, 0.25) is 5.91 Å². The zero-order chi connectivity index (χ0) is 25.3. The van der Waals surface area contributed by atoms with Gasteiger partial charge in [-0.3, -0.25) is 14.6 Å². The van der Waals surface area contributed by atoms with Gasteiger partial charge >= 0.3 is 5.97 Å². The second kappa shape index (κ2) is 11.7. The van der Waals surface area contributed by atoms with Gasteiger partial charge in [-0.2, -0.15) is 0 Å². The van der Waals surface area contributed by atoms with Crippen LogP contribution >= 0.6 is 0 Å². The third-order valence-corrected chi connectivity index (χ3v) is 5.45. The van der Waals surface area contributed by atoms with Gasteiger partial charge in [0.05, 0.1) is 20.4 Å². The van der Waals surface area contributed by atoms with Gasteiger partial charge in [-0.05, 0) is 30.2 Å². The maximum absolute atomic E-state index is 13.5. The van der Waals surface area contributed by atoms with Crippen molar-refractivity contribution in [1.82, 2.24) is 20.6 Å². The lowest BCUT2D eigenvalue weighted by Crippen LogP contribution is -2.59. The first kappa shape index (κ1) is 25.4. The molecule has 3 aromatic rings. The van der Waals surface area contributed by atoms with Crippen LogP contribution in [0.1, 0.15) is 28.5 Å². The minimum atomic E-state index is -1.38. The van der Waals surface area contributed by atoms with Gasteiger partial charge < -0.3 is 20.1 Å². The van der Waals surface area contributed by atoms with Crippen LogP contribution in [0.3, 0.4) is 0 Å². The number of carbonyl (C=O) groups is 3. The number of nitrogens with zero attached hydrogens (tertiary/aromatic N) is 2. The normalized spacial score (nSPS) is 13.1. The molecule has 182 valence electrons. The van der Waals surface area contributed by atoms with E-state index in [1.807, 2.05) is 42.5 Å². The van der Waals surface area contributed by atoms with Crippen LogP contribution in [-0.2, 0) is 27.2 Å². The molecule has 0 aliphatic carbocycles. The van der Waals surface area contributed by atoms with E-state index in [0.29, 0.717) is 5.75 Å². The van der Waals surface area contributed by atoms with E-state index < -0.39 is 29.4 Å². The molecule has 0 aliphatic heterocycles. The minimum Gasteiger partial charge on any atom is -0.497 e. The average Bonchev–Trinajstić information content (AvgIpc) is 2.89. The number of carbonyl (C=O) groups excluding carboxylic acids is 3. The molecule has 0 saturated heterocycles. The van der Waals surface area contributed by atoms with E-state index in [-0.39, 0.29) is 18.5 Å². The molecular formula is C26H28N4O5. The number of rotatable bonds is 10. The summed E-state index contributed by atoms with van der Waals surface area (Å²) in [7, 11) is 2.83. The van der Waals surface area contributed by atoms with E-state index in [4.69, 9.17) is 9.47 Å². The molecule has 0 aliphatic rings. The Labute approximate surface area is 203 Å². The zero-order valence-electron chi connectivity index (χ0n) is 19.9. The fourth-order valence-corrected chi connectivity index (χ4v) is 3.61. The van der Waals surface area contributed by atoms with Crippen molar-refractivity contribution in [2.75, 3.05) is 14.2 Å². The second-order valence-electron chi connectivity index (χ2n) is 8.14. The molecule has 2 N–H and O–H groups in total. The number of hydrogen-bond acceptors (Lipinski definition) is 7. The summed E-state index contributed by atoms with van der Waals surface area (Å²) in [5.74, 6) is -1.02. The zero-order valence-corrected chi connectivity index (χ0v) is 19.9. The molecule has 35 heavy (non-hydrogen) atoms. The van der Waals surface area contributed by atoms with Crippen LogP contribution in [0.2, 0.25) is 0 Å². The Kier molecular flexibility index (Phi) is 8.50. The molecule has 0 saturated carbocycles. The van der Waals surface area contributed by atoms with Gasteiger partial charge in [-0.1, -0.05) is 42.5 Å². The fourth-order valence-electron chi connectivity index (χ4n) is 3.61. The molecule has 2 atom stereocenters. The van der Waals surface area contributed by atoms with Gasteiger partial charge in [-0.25, -0.2) is 9.78 Å². The van der Waals surface area contributed by atoms with Crippen molar-refractivity contribution < 1.29 is 23.9 Å². The summed E-state index contributed by atoms with van der Waals surface area (Å²) in [6.07, 6.45) is 4.54. The highest BCUT2D eigenvalue weighted by Crippen LogP contribution is 2.19. The van der Waals surface area contributed by atoms with Gasteiger partial charge in [-0.15, -0.1) is 0 Å². The fraction of sp³-hybridized carbons (Fsp3) is 0.269. The number of esters is 1. The molecule has 2 amide bonds. The standard InChI is InChI=1S/C26H28N4O5/c1-26(25(33)35-3,16-19-9-11-20(34-2)12-10-19)30-24(32)21(15-18-7-5-4-6-8-18)29-23(31)22-17-27-13-14-28-22/h4-14,17,21H,15-16H2,1-3H3,(H,29,31)(H,30,32). The quantitative estimate of drug-likeness (QED) is 0.430. The Bertz CT molecular complexity index is 1140. The van der Waals surface area contributed by atoms with Crippen LogP contribution in [0.25, 0.3) is 0 Å². The maximum Gasteiger partial charge on any atom is 0.331 e. The second-order valence-corrected chi connectivity index (χ2v) is 8.14. The third kappa shape index (κ3) is 6.86. The molecule has 2 aromatic carbocycles. The highest BCUT2D eigenvalue weighted by molar-refractivity contribution is 5.97. The smallest absolute Gasteiger partial charge is 0.331 e. The van der Waals surface area contributed by atoms with Crippen molar-refractivity contribution in [3.8, 4) is 5.75 Å². The molecule has 9 heteroatoms. The average molecular weight is 477 g/mol. The number of nitrogens with one attached hydrogen (secondary N) is 2. The number of aromatic nitrogens is 2. The molecule has 0 fully saturated rings.